The average Bonchev–Trinajstić information content (AvgIpc) is 2.94. The van der Waals surface area contributed by atoms with E-state index in [-0.39, 0.29) is 30.7 Å². The number of amides is 1. The van der Waals surface area contributed by atoms with Crippen molar-refractivity contribution in [2.75, 3.05) is 36.5 Å². The van der Waals surface area contributed by atoms with E-state index >= 15 is 0 Å². The fraction of sp³-hybridized carbons (Fsp3) is 0.632. The second-order valence-electron chi connectivity index (χ2n) is 7.46. The molecule has 4 rings (SSSR count). The number of rotatable bonds is 4. The first kappa shape index (κ1) is 22.6. The van der Waals surface area contributed by atoms with E-state index in [9.17, 15) is 4.79 Å². The minimum atomic E-state index is 0. The SMILES string of the molecule is Cl.Cl.O=C(CC1CC2CCC(C1)N2)Nc1cccc(Cl)c1N1CCOCC1. The number of nitrogens with one attached hydrogen (secondary N) is 2. The Morgan fingerprint density at radius 1 is 1.19 bits per heavy atom. The summed E-state index contributed by atoms with van der Waals surface area (Å²) in [5.41, 5.74) is 1.74. The lowest BCUT2D eigenvalue weighted by molar-refractivity contribution is -0.117. The normalized spacial score (nSPS) is 26.7. The molecule has 5 nitrogen and oxygen atoms in total. The summed E-state index contributed by atoms with van der Waals surface area (Å²) in [5, 5.41) is 7.44. The van der Waals surface area contributed by atoms with Crippen LogP contribution in [0, 0.1) is 5.92 Å². The second kappa shape index (κ2) is 10.2. The highest BCUT2D eigenvalue weighted by Gasteiger charge is 2.34. The topological polar surface area (TPSA) is 53.6 Å². The lowest BCUT2D eigenvalue weighted by atomic mass is 9.89. The maximum Gasteiger partial charge on any atom is 0.224 e. The summed E-state index contributed by atoms with van der Waals surface area (Å²) in [6, 6.07) is 6.96. The van der Waals surface area contributed by atoms with Gasteiger partial charge in [-0.3, -0.25) is 4.79 Å². The number of hydrogen-bond donors (Lipinski definition) is 2. The van der Waals surface area contributed by atoms with Gasteiger partial charge in [-0.25, -0.2) is 0 Å². The largest absolute Gasteiger partial charge is 0.378 e. The van der Waals surface area contributed by atoms with Gasteiger partial charge >= 0.3 is 0 Å². The van der Waals surface area contributed by atoms with Crippen LogP contribution in [0.1, 0.15) is 32.1 Å². The maximum absolute atomic E-state index is 12.6. The van der Waals surface area contributed by atoms with Crippen molar-refractivity contribution in [2.45, 2.75) is 44.2 Å². The van der Waals surface area contributed by atoms with Crippen LogP contribution < -0.4 is 15.5 Å². The van der Waals surface area contributed by atoms with Gasteiger partial charge in [-0.05, 0) is 43.7 Å². The molecule has 3 fully saturated rings. The number of carbonyl (C=O) groups is 1. The number of fused-ring (bicyclic) bond motifs is 2. The Hall–Kier alpha value is -0.720. The molecule has 152 valence electrons. The van der Waals surface area contributed by atoms with Gasteiger partial charge < -0.3 is 20.3 Å². The zero-order valence-electron chi connectivity index (χ0n) is 15.3. The summed E-state index contributed by atoms with van der Waals surface area (Å²) in [5.74, 6) is 0.591. The molecule has 0 radical (unpaired) electrons. The molecule has 3 aliphatic heterocycles. The lowest BCUT2D eigenvalue weighted by Crippen LogP contribution is -2.39. The molecule has 8 heteroatoms. The number of carbonyl (C=O) groups excluding carboxylic acids is 1. The standard InChI is InChI=1S/C19H26ClN3O2.2ClH/c20-16-2-1-3-17(19(16)23-6-8-25-9-7-23)22-18(24)12-13-10-14-4-5-15(11-13)21-14;;/h1-3,13-15,21H,4-12H2,(H,22,24);2*1H. The van der Waals surface area contributed by atoms with Crippen LogP contribution >= 0.6 is 36.4 Å². The van der Waals surface area contributed by atoms with E-state index in [4.69, 9.17) is 16.3 Å². The molecule has 0 saturated carbocycles. The first-order valence-corrected chi connectivity index (χ1v) is 9.74. The van der Waals surface area contributed by atoms with Gasteiger partial charge in [-0.2, -0.15) is 0 Å². The fourth-order valence-corrected chi connectivity index (χ4v) is 4.82. The van der Waals surface area contributed by atoms with Crippen LogP contribution in [-0.2, 0) is 9.53 Å². The molecule has 2 bridgehead atoms. The zero-order valence-corrected chi connectivity index (χ0v) is 17.7. The molecular weight excluding hydrogens is 409 g/mol. The third kappa shape index (κ3) is 5.42. The number of anilines is 2. The molecule has 1 amide bonds. The molecule has 2 unspecified atom stereocenters. The molecule has 3 aliphatic rings. The molecule has 1 aromatic rings. The summed E-state index contributed by atoms with van der Waals surface area (Å²) in [7, 11) is 0. The summed E-state index contributed by atoms with van der Waals surface area (Å²) < 4.78 is 5.43. The lowest BCUT2D eigenvalue weighted by Gasteiger charge is -2.32. The van der Waals surface area contributed by atoms with Crippen LogP contribution in [0.25, 0.3) is 0 Å². The van der Waals surface area contributed by atoms with Gasteiger partial charge in [0.25, 0.3) is 0 Å². The Balaban J connectivity index is 0.00000131. The Morgan fingerprint density at radius 2 is 1.85 bits per heavy atom. The Bertz CT molecular complexity index is 629. The first-order chi connectivity index (χ1) is 12.2. The van der Waals surface area contributed by atoms with Crippen LogP contribution in [0.4, 0.5) is 11.4 Å². The van der Waals surface area contributed by atoms with Crippen molar-refractivity contribution in [3.8, 4) is 0 Å². The number of ether oxygens (including phenoxy) is 1. The van der Waals surface area contributed by atoms with E-state index in [2.05, 4.69) is 15.5 Å². The van der Waals surface area contributed by atoms with Crippen molar-refractivity contribution in [3.05, 3.63) is 23.2 Å². The number of hydrogen-bond acceptors (Lipinski definition) is 4. The Morgan fingerprint density at radius 3 is 2.52 bits per heavy atom. The summed E-state index contributed by atoms with van der Waals surface area (Å²) in [6.07, 6.45) is 5.37. The highest BCUT2D eigenvalue weighted by Crippen LogP contribution is 2.36. The zero-order chi connectivity index (χ0) is 17.2. The number of halogens is 3. The van der Waals surface area contributed by atoms with Gasteiger partial charge in [-0.1, -0.05) is 17.7 Å². The fourth-order valence-electron chi connectivity index (χ4n) is 4.53. The van der Waals surface area contributed by atoms with E-state index in [1.54, 1.807) is 0 Å². The molecule has 3 heterocycles. The molecule has 0 spiro atoms. The summed E-state index contributed by atoms with van der Waals surface area (Å²) in [4.78, 5) is 14.8. The third-order valence-electron chi connectivity index (χ3n) is 5.63. The summed E-state index contributed by atoms with van der Waals surface area (Å²) in [6.45, 7) is 2.97. The third-order valence-corrected chi connectivity index (χ3v) is 5.94. The number of nitrogens with zero attached hydrogens (tertiary/aromatic N) is 1. The van der Waals surface area contributed by atoms with Crippen molar-refractivity contribution in [1.82, 2.24) is 5.32 Å². The summed E-state index contributed by atoms with van der Waals surface area (Å²) >= 11 is 6.44. The van der Waals surface area contributed by atoms with Crippen molar-refractivity contribution >= 4 is 53.7 Å². The van der Waals surface area contributed by atoms with Crippen molar-refractivity contribution in [3.63, 3.8) is 0 Å². The van der Waals surface area contributed by atoms with Gasteiger partial charge in [-0.15, -0.1) is 24.8 Å². The number of piperidine rings is 1. The Kier molecular flexibility index (Phi) is 8.50. The maximum atomic E-state index is 12.6. The van der Waals surface area contributed by atoms with Crippen molar-refractivity contribution < 1.29 is 9.53 Å². The highest BCUT2D eigenvalue weighted by atomic mass is 35.5. The quantitative estimate of drug-likeness (QED) is 0.752. The van der Waals surface area contributed by atoms with Gasteiger partial charge in [0.05, 0.1) is 29.6 Å². The van der Waals surface area contributed by atoms with Gasteiger partial charge in [0.1, 0.15) is 0 Å². The van der Waals surface area contributed by atoms with Crippen molar-refractivity contribution in [2.24, 2.45) is 5.92 Å². The van der Waals surface area contributed by atoms with Crippen LogP contribution in [-0.4, -0.2) is 44.3 Å². The van der Waals surface area contributed by atoms with E-state index in [1.807, 2.05) is 18.2 Å². The predicted octanol–water partition coefficient (Wildman–Crippen LogP) is 3.88. The molecule has 0 aromatic heterocycles. The minimum absolute atomic E-state index is 0. The molecule has 2 atom stereocenters. The van der Waals surface area contributed by atoms with Gasteiger partial charge in [0.15, 0.2) is 0 Å². The van der Waals surface area contributed by atoms with E-state index in [0.29, 0.717) is 42.7 Å². The van der Waals surface area contributed by atoms with E-state index in [0.717, 1.165) is 37.3 Å². The molecule has 27 heavy (non-hydrogen) atoms. The van der Waals surface area contributed by atoms with Crippen LogP contribution in [0.2, 0.25) is 5.02 Å². The van der Waals surface area contributed by atoms with Crippen LogP contribution in [0.15, 0.2) is 18.2 Å². The monoisotopic (exact) mass is 435 g/mol. The van der Waals surface area contributed by atoms with Crippen LogP contribution in [0.5, 0.6) is 0 Å². The predicted molar refractivity (Wildman–Crippen MR) is 115 cm³/mol. The molecule has 0 aliphatic carbocycles. The number of benzene rings is 1. The smallest absolute Gasteiger partial charge is 0.224 e. The first-order valence-electron chi connectivity index (χ1n) is 9.36. The highest BCUT2D eigenvalue weighted by molar-refractivity contribution is 6.34. The second-order valence-corrected chi connectivity index (χ2v) is 7.87. The van der Waals surface area contributed by atoms with E-state index in [1.165, 1.54) is 12.8 Å². The van der Waals surface area contributed by atoms with E-state index < -0.39 is 0 Å². The molecule has 3 saturated heterocycles. The minimum Gasteiger partial charge on any atom is -0.378 e. The van der Waals surface area contributed by atoms with Gasteiger partial charge in [0.2, 0.25) is 5.91 Å². The number of morpholine rings is 1. The average molecular weight is 437 g/mol. The molecular formula is C19H28Cl3N3O2. The Labute approximate surface area is 178 Å². The van der Waals surface area contributed by atoms with Crippen LogP contribution in [0.3, 0.4) is 0 Å². The van der Waals surface area contributed by atoms with Crippen molar-refractivity contribution in [1.29, 1.82) is 0 Å². The van der Waals surface area contributed by atoms with Gasteiger partial charge in [0, 0.05) is 31.6 Å². The molecule has 1 aromatic carbocycles. The molecule has 2 N–H and O–H groups in total. The number of para-hydroxylation sites is 1.